The van der Waals surface area contributed by atoms with E-state index in [0.717, 1.165) is 38.5 Å². The normalized spacial score (nSPS) is 29.2. The third-order valence-electron chi connectivity index (χ3n) is 19.8. The van der Waals surface area contributed by atoms with Gasteiger partial charge < -0.3 is 107 Å². The van der Waals surface area contributed by atoms with Gasteiger partial charge in [-0.1, -0.05) is 120 Å². The van der Waals surface area contributed by atoms with Gasteiger partial charge in [0.15, 0.2) is 11.6 Å². The number of carbonyl (C=O) groups excluding carboxylic acids is 2. The molecule has 1 amide bonds. The Morgan fingerprint density at radius 3 is 1.47 bits per heavy atom. The Labute approximate surface area is 523 Å². The van der Waals surface area contributed by atoms with Gasteiger partial charge in [0.2, 0.25) is 0 Å². The van der Waals surface area contributed by atoms with Crippen LogP contribution in [0.1, 0.15) is 192 Å². The third-order valence-corrected chi connectivity index (χ3v) is 19.8. The molecule has 2 saturated heterocycles. The fraction of sp³-hybridized carbons (Fsp3) is 0.908. The van der Waals surface area contributed by atoms with Gasteiger partial charge in [-0.15, -0.1) is 0 Å². The van der Waals surface area contributed by atoms with Gasteiger partial charge in [0.1, 0.15) is 29.6 Å². The van der Waals surface area contributed by atoms with Gasteiger partial charge in [0, 0.05) is 49.0 Å². The van der Waals surface area contributed by atoms with Crippen molar-refractivity contribution < 1.29 is 111 Å². The van der Waals surface area contributed by atoms with Crippen LogP contribution in [-0.2, 0) is 14.3 Å². The molecule has 88 heavy (non-hydrogen) atoms. The topological polar surface area (TPSA) is 431 Å². The van der Waals surface area contributed by atoms with Crippen LogP contribution >= 0.6 is 0 Å². The fourth-order valence-corrected chi connectivity index (χ4v) is 13.0. The second kappa shape index (κ2) is 38.1. The van der Waals surface area contributed by atoms with E-state index < -0.39 is 181 Å². The second-order valence-corrected chi connectivity index (χ2v) is 27.6. The first-order valence-electron chi connectivity index (χ1n) is 32.7. The average Bonchev–Trinajstić information content (AvgIpc) is 1.92. The molecular formula is C65H121NO22. The smallest absolute Gasteiger partial charge is 0.261 e. The van der Waals surface area contributed by atoms with Crippen molar-refractivity contribution in [3.8, 4) is 0 Å². The van der Waals surface area contributed by atoms with E-state index in [4.69, 9.17) is 4.74 Å². The zero-order valence-electron chi connectivity index (χ0n) is 54.9. The van der Waals surface area contributed by atoms with Crippen molar-refractivity contribution in [3.05, 3.63) is 23.0 Å². The number of aliphatic hydroxyl groups excluding tert-OH is 18. The molecule has 2 aliphatic heterocycles. The largest absolute Gasteiger partial charge is 0.507 e. The van der Waals surface area contributed by atoms with Gasteiger partial charge in [0.05, 0.1) is 97.6 Å². The summed E-state index contributed by atoms with van der Waals surface area (Å²) in [7, 11) is 1.49. The van der Waals surface area contributed by atoms with Crippen LogP contribution in [0, 0.1) is 53.3 Å². The summed E-state index contributed by atoms with van der Waals surface area (Å²) in [5, 5.41) is 209. The van der Waals surface area contributed by atoms with Crippen LogP contribution in [0.2, 0.25) is 0 Å². The Morgan fingerprint density at radius 1 is 0.545 bits per heavy atom. The average molecular weight is 1270 g/mol. The van der Waals surface area contributed by atoms with Crippen LogP contribution in [0.3, 0.4) is 0 Å². The molecule has 2 fully saturated rings. The maximum absolute atomic E-state index is 12.6. The molecule has 0 aromatic heterocycles. The standard InChI is InChI=1S/C65H121NO22/c1-14-15-16-17-18-19-20-21-43(67)31-65(87)63(85)62(84)61(83)52(88-65)25-35(5)54(76)36(6)47(71)28-45(69)26-44(68)27-46(70)29-48(72)37(7)56(78)38(8)49(73)30-50(74)39(9)57(79)40(10)58(80)41(11)59(81)51(75)24-33(3)22-32(2)23-34(4)55(77)53-60(82)42(12)66(13)64(53)86/h23,32-33,35-52,54,56-59,61-63,67-81,83-85,87H,14-22,24-31H2,1-13H3/b34-23+,55-53-/t32-,33-,35-,36+,37+,38-,39+,40-,41-,42+,43-,44+,45+,46-,47-,48+,49-,50+,51+,52+,54-,56-,57+,58-,59-,61-,62-,63+,65-/m1/s1. The molecule has 2 rings (SSSR count). The van der Waals surface area contributed by atoms with E-state index in [0.29, 0.717) is 24.8 Å². The molecule has 0 aromatic carbocycles. The number of Topliss-reactive ketones (excluding diaryl/α,β-unsaturated/α-hetero) is 1. The lowest BCUT2D eigenvalue weighted by Crippen LogP contribution is -2.65. The molecule has 2 heterocycles. The Morgan fingerprint density at radius 2 is 0.977 bits per heavy atom. The van der Waals surface area contributed by atoms with E-state index in [1.807, 2.05) is 13.8 Å². The van der Waals surface area contributed by atoms with E-state index >= 15 is 0 Å². The molecule has 0 radical (unpaired) electrons. The van der Waals surface area contributed by atoms with Crippen LogP contribution < -0.4 is 0 Å². The molecule has 0 spiro atoms. The summed E-state index contributed by atoms with van der Waals surface area (Å²) < 4.78 is 5.75. The number of likely N-dealkylation sites (N-methyl/N-ethyl adjacent to an activating group) is 1. The Balaban J connectivity index is 1.86. The summed E-state index contributed by atoms with van der Waals surface area (Å²) in [5.74, 6) is -10.5. The minimum atomic E-state index is -2.39. The zero-order valence-corrected chi connectivity index (χ0v) is 54.9. The van der Waals surface area contributed by atoms with Gasteiger partial charge in [-0.3, -0.25) is 9.59 Å². The van der Waals surface area contributed by atoms with Crippen LogP contribution in [0.25, 0.3) is 0 Å². The lowest BCUT2D eigenvalue weighted by atomic mass is 9.77. The minimum absolute atomic E-state index is 0.128. The number of ketones is 1. The predicted molar refractivity (Wildman–Crippen MR) is 329 cm³/mol. The Bertz CT molecular complexity index is 2070. The van der Waals surface area contributed by atoms with Crippen LogP contribution in [0.5, 0.6) is 0 Å². The summed E-state index contributed by atoms with van der Waals surface area (Å²) >= 11 is 0. The van der Waals surface area contributed by atoms with E-state index in [9.17, 15) is 107 Å². The molecule has 0 bridgehead atoms. The maximum atomic E-state index is 12.6. The first kappa shape index (κ1) is 81.8. The quantitative estimate of drug-likeness (QED) is 0.0179. The molecule has 0 unspecified atom stereocenters. The summed E-state index contributed by atoms with van der Waals surface area (Å²) in [5.41, 5.74) is 0.0930. The number of rotatable bonds is 42. The Hall–Kier alpha value is -2.34. The van der Waals surface area contributed by atoms with Crippen LogP contribution in [0.4, 0.5) is 0 Å². The van der Waals surface area contributed by atoms with Gasteiger partial charge in [-0.05, 0) is 95.0 Å². The number of hydrogen-bond donors (Lipinski definition) is 19. The molecule has 518 valence electrons. The highest BCUT2D eigenvalue weighted by Gasteiger charge is 2.54. The van der Waals surface area contributed by atoms with Crippen molar-refractivity contribution in [2.24, 2.45) is 53.3 Å². The van der Waals surface area contributed by atoms with Crippen molar-refractivity contribution in [2.75, 3.05) is 7.05 Å². The van der Waals surface area contributed by atoms with Gasteiger partial charge in [-0.25, -0.2) is 0 Å². The van der Waals surface area contributed by atoms with E-state index in [1.165, 1.54) is 53.5 Å². The highest BCUT2D eigenvalue weighted by atomic mass is 16.7. The molecular weight excluding hydrogens is 1150 g/mol. The lowest BCUT2D eigenvalue weighted by Gasteiger charge is -2.47. The molecule has 2 aliphatic rings. The molecule has 0 aliphatic carbocycles. The fourth-order valence-electron chi connectivity index (χ4n) is 13.0. The van der Waals surface area contributed by atoms with Crippen molar-refractivity contribution >= 4 is 11.7 Å². The first-order chi connectivity index (χ1) is 40.8. The molecule has 19 N–H and O–H groups in total. The zero-order chi connectivity index (χ0) is 67.6. The SMILES string of the molecule is CCCCCCCCC[C@@H](O)C[C@@]1(O)O[C@@H](C[C@@H](C)[C@@H](O)[C@@H](C)[C@H](O)C[C@@H](O)C[C@H](O)C[C@@H](O)C[C@H](O)[C@H](C)[C@@H](O)[C@H](C)[C@H](O)C[C@H](O)[C@H](C)[C@H](O)[C@@H](C)[C@@H](O)[C@@H](C)[C@@H](O)[C@@H](O)C[C@H](C)C[C@@H](C)/C=C(C)/C(O)=C2\C(=O)[C@H](C)N(C)C2=O)[C@@H](O)[C@@H](O)[C@@H]1O. The second-order valence-electron chi connectivity index (χ2n) is 27.6. The van der Waals surface area contributed by atoms with Crippen molar-refractivity contribution in [2.45, 2.75) is 314 Å². The number of aliphatic hydroxyl groups is 19. The Kier molecular flexibility index (Phi) is 35.4. The molecule has 23 heteroatoms. The summed E-state index contributed by atoms with van der Waals surface area (Å²) in [4.78, 5) is 26.4. The van der Waals surface area contributed by atoms with Crippen LogP contribution in [-0.4, -0.2) is 242 Å². The molecule has 0 saturated carbocycles. The number of nitrogens with zero attached hydrogens (tertiary/aromatic N) is 1. The first-order valence-corrected chi connectivity index (χ1v) is 32.7. The summed E-state index contributed by atoms with van der Waals surface area (Å²) in [6.45, 7) is 19.7. The van der Waals surface area contributed by atoms with E-state index in [1.54, 1.807) is 26.8 Å². The molecule has 23 nitrogen and oxygen atoms in total. The summed E-state index contributed by atoms with van der Waals surface area (Å²) in [6.07, 6.45) is -17.6. The van der Waals surface area contributed by atoms with Gasteiger partial charge in [0.25, 0.3) is 5.91 Å². The number of amides is 1. The number of ether oxygens (including phenoxy) is 1. The minimum Gasteiger partial charge on any atom is -0.507 e. The highest BCUT2D eigenvalue weighted by molar-refractivity contribution is 6.26. The van der Waals surface area contributed by atoms with Gasteiger partial charge in [-0.2, -0.15) is 0 Å². The van der Waals surface area contributed by atoms with Crippen LogP contribution in [0.15, 0.2) is 23.0 Å². The van der Waals surface area contributed by atoms with E-state index in [-0.39, 0.29) is 68.1 Å². The van der Waals surface area contributed by atoms with Crippen molar-refractivity contribution in [1.82, 2.24) is 4.90 Å². The number of hydrogen-bond acceptors (Lipinski definition) is 22. The summed E-state index contributed by atoms with van der Waals surface area (Å²) in [6, 6.07) is -0.686. The number of allylic oxidation sites excluding steroid dienone is 2. The van der Waals surface area contributed by atoms with Crippen molar-refractivity contribution in [1.29, 1.82) is 0 Å². The van der Waals surface area contributed by atoms with Gasteiger partial charge >= 0.3 is 0 Å². The number of likely N-dealkylation sites (tertiary alicyclic amines) is 1. The molecule has 29 atom stereocenters. The van der Waals surface area contributed by atoms with Crippen molar-refractivity contribution in [3.63, 3.8) is 0 Å². The predicted octanol–water partition coefficient (Wildman–Crippen LogP) is 1.77. The van der Waals surface area contributed by atoms with E-state index in [2.05, 4.69) is 6.92 Å². The highest BCUT2D eigenvalue weighted by Crippen LogP contribution is 2.37. The lowest BCUT2D eigenvalue weighted by molar-refractivity contribution is -0.355. The number of unbranched alkanes of at least 4 members (excludes halogenated alkanes) is 6. The molecule has 0 aromatic rings. The monoisotopic (exact) mass is 1270 g/mol. The number of carbonyl (C=O) groups is 2. The maximum Gasteiger partial charge on any atom is 0.261 e. The third kappa shape index (κ3) is 23.9.